The lowest BCUT2D eigenvalue weighted by Gasteiger charge is -1.99. The van der Waals surface area contributed by atoms with Crippen molar-refractivity contribution in [3.8, 4) is 11.3 Å². The van der Waals surface area contributed by atoms with Gasteiger partial charge in [0.15, 0.2) is 6.29 Å². The van der Waals surface area contributed by atoms with Crippen LogP contribution in [0.5, 0.6) is 0 Å². The second kappa shape index (κ2) is 3.72. The molecule has 0 saturated heterocycles. The molecule has 0 saturated carbocycles. The Bertz CT molecular complexity index is 462. The van der Waals surface area contributed by atoms with E-state index in [2.05, 4.69) is 4.98 Å². The summed E-state index contributed by atoms with van der Waals surface area (Å²) in [7, 11) is 0. The summed E-state index contributed by atoms with van der Waals surface area (Å²) in [6.07, 6.45) is 2.63. The van der Waals surface area contributed by atoms with E-state index in [9.17, 15) is 4.79 Å². The van der Waals surface area contributed by atoms with Gasteiger partial charge in [0.2, 0.25) is 0 Å². The van der Waals surface area contributed by atoms with Gasteiger partial charge in [0.25, 0.3) is 0 Å². The monoisotopic (exact) mass is 203 g/mol. The van der Waals surface area contributed by atoms with Gasteiger partial charge in [-0.15, -0.1) is 11.3 Å². The highest BCUT2D eigenvalue weighted by molar-refractivity contribution is 7.12. The fourth-order valence-electron chi connectivity index (χ4n) is 1.33. The van der Waals surface area contributed by atoms with Crippen molar-refractivity contribution in [2.45, 2.75) is 6.92 Å². The molecule has 0 bridgehead atoms. The minimum atomic E-state index is 0.741. The van der Waals surface area contributed by atoms with Crippen LogP contribution in [-0.2, 0) is 0 Å². The molecule has 14 heavy (non-hydrogen) atoms. The quantitative estimate of drug-likeness (QED) is 0.702. The van der Waals surface area contributed by atoms with Crippen molar-refractivity contribution in [3.63, 3.8) is 0 Å². The van der Waals surface area contributed by atoms with Gasteiger partial charge in [0.1, 0.15) is 0 Å². The fourth-order valence-corrected chi connectivity index (χ4v) is 2.02. The van der Waals surface area contributed by atoms with Gasteiger partial charge < -0.3 is 0 Å². The largest absolute Gasteiger partial charge is 0.297 e. The molecule has 0 spiro atoms. The maximum Gasteiger partial charge on any atom is 0.160 e. The summed E-state index contributed by atoms with van der Waals surface area (Å²) in [5, 5.41) is 1.96. The average molecular weight is 203 g/mol. The zero-order valence-corrected chi connectivity index (χ0v) is 8.54. The number of aldehydes is 1. The van der Waals surface area contributed by atoms with Crippen LogP contribution in [0.3, 0.4) is 0 Å². The van der Waals surface area contributed by atoms with E-state index in [-0.39, 0.29) is 0 Å². The Labute approximate surface area is 86.2 Å². The van der Waals surface area contributed by atoms with Crippen LogP contribution in [0, 0.1) is 6.92 Å². The standard InChI is InChI=1S/C11H9NOS/c1-8-3-2-4-12-11(8)9-5-10(6-13)14-7-9/h2-7H,1H3. The van der Waals surface area contributed by atoms with Crippen LogP contribution in [0.15, 0.2) is 29.8 Å². The van der Waals surface area contributed by atoms with Crippen molar-refractivity contribution >= 4 is 17.6 Å². The Kier molecular flexibility index (Phi) is 2.41. The van der Waals surface area contributed by atoms with Gasteiger partial charge in [0.05, 0.1) is 10.6 Å². The van der Waals surface area contributed by atoms with E-state index in [0.717, 1.165) is 28.0 Å². The molecule has 3 heteroatoms. The molecule has 2 heterocycles. The first-order valence-electron chi connectivity index (χ1n) is 4.27. The highest BCUT2D eigenvalue weighted by Gasteiger charge is 2.04. The first kappa shape index (κ1) is 9.09. The van der Waals surface area contributed by atoms with Crippen LogP contribution >= 0.6 is 11.3 Å². The zero-order chi connectivity index (χ0) is 9.97. The SMILES string of the molecule is Cc1cccnc1-c1csc(C=O)c1. The summed E-state index contributed by atoms with van der Waals surface area (Å²) in [4.78, 5) is 15.6. The van der Waals surface area contributed by atoms with Crippen LogP contribution in [0.4, 0.5) is 0 Å². The summed E-state index contributed by atoms with van der Waals surface area (Å²) < 4.78 is 0. The van der Waals surface area contributed by atoms with Gasteiger partial charge in [0, 0.05) is 17.1 Å². The molecular weight excluding hydrogens is 194 g/mol. The van der Waals surface area contributed by atoms with E-state index in [1.54, 1.807) is 6.20 Å². The predicted octanol–water partition coefficient (Wildman–Crippen LogP) is 2.93. The van der Waals surface area contributed by atoms with Crippen LogP contribution in [-0.4, -0.2) is 11.3 Å². The molecule has 2 rings (SSSR count). The molecule has 2 aromatic heterocycles. The number of rotatable bonds is 2. The highest BCUT2D eigenvalue weighted by atomic mass is 32.1. The van der Waals surface area contributed by atoms with E-state index in [1.807, 2.05) is 30.5 Å². The van der Waals surface area contributed by atoms with Crippen molar-refractivity contribution < 1.29 is 4.79 Å². The molecule has 0 amide bonds. The molecule has 0 aromatic carbocycles. The number of pyridine rings is 1. The number of thiophene rings is 1. The highest BCUT2D eigenvalue weighted by Crippen LogP contribution is 2.25. The summed E-state index contributed by atoms with van der Waals surface area (Å²) in [5.74, 6) is 0. The Morgan fingerprint density at radius 1 is 1.50 bits per heavy atom. The van der Waals surface area contributed by atoms with Crippen molar-refractivity contribution in [2.75, 3.05) is 0 Å². The normalized spacial score (nSPS) is 10.1. The van der Waals surface area contributed by atoms with Gasteiger partial charge in [-0.05, 0) is 24.6 Å². The van der Waals surface area contributed by atoms with E-state index >= 15 is 0 Å². The van der Waals surface area contributed by atoms with Gasteiger partial charge in [-0.3, -0.25) is 9.78 Å². The smallest absolute Gasteiger partial charge is 0.160 e. The zero-order valence-electron chi connectivity index (χ0n) is 7.73. The molecule has 0 atom stereocenters. The lowest BCUT2D eigenvalue weighted by molar-refractivity contribution is 0.112. The maximum absolute atomic E-state index is 10.5. The van der Waals surface area contributed by atoms with E-state index < -0.39 is 0 Å². The number of nitrogens with zero attached hydrogens (tertiary/aromatic N) is 1. The minimum Gasteiger partial charge on any atom is -0.297 e. The molecule has 0 unspecified atom stereocenters. The first-order valence-corrected chi connectivity index (χ1v) is 5.15. The van der Waals surface area contributed by atoms with Crippen LogP contribution < -0.4 is 0 Å². The lowest BCUT2D eigenvalue weighted by Crippen LogP contribution is -1.84. The number of aromatic nitrogens is 1. The molecule has 0 aliphatic carbocycles. The van der Waals surface area contributed by atoms with Crippen LogP contribution in [0.2, 0.25) is 0 Å². The molecule has 0 aliphatic rings. The number of carbonyl (C=O) groups excluding carboxylic acids is 1. The van der Waals surface area contributed by atoms with E-state index in [1.165, 1.54) is 11.3 Å². The summed E-state index contributed by atoms with van der Waals surface area (Å²) >= 11 is 1.45. The summed E-state index contributed by atoms with van der Waals surface area (Å²) in [6.45, 7) is 2.01. The number of carbonyl (C=O) groups is 1. The third-order valence-corrected chi connectivity index (χ3v) is 2.88. The summed E-state index contributed by atoms with van der Waals surface area (Å²) in [5.41, 5.74) is 3.11. The molecule has 0 radical (unpaired) electrons. The van der Waals surface area contributed by atoms with Crippen molar-refractivity contribution in [1.29, 1.82) is 0 Å². The van der Waals surface area contributed by atoms with Gasteiger partial charge in [-0.1, -0.05) is 6.07 Å². The first-order chi connectivity index (χ1) is 6.81. The van der Waals surface area contributed by atoms with Gasteiger partial charge in [-0.25, -0.2) is 0 Å². The number of aryl methyl sites for hydroxylation is 1. The number of hydrogen-bond donors (Lipinski definition) is 0. The second-order valence-electron chi connectivity index (χ2n) is 3.02. The summed E-state index contributed by atoms with van der Waals surface area (Å²) in [6, 6.07) is 5.79. The molecule has 2 nitrogen and oxygen atoms in total. The predicted molar refractivity (Wildman–Crippen MR) is 57.7 cm³/mol. The Morgan fingerprint density at radius 3 is 3.00 bits per heavy atom. The molecular formula is C11H9NOS. The minimum absolute atomic E-state index is 0.741. The Balaban J connectivity index is 2.49. The molecule has 2 aromatic rings. The van der Waals surface area contributed by atoms with Crippen molar-refractivity contribution in [2.24, 2.45) is 0 Å². The van der Waals surface area contributed by atoms with Crippen molar-refractivity contribution in [3.05, 3.63) is 40.2 Å². The van der Waals surface area contributed by atoms with Gasteiger partial charge >= 0.3 is 0 Å². The third kappa shape index (κ3) is 1.59. The Morgan fingerprint density at radius 2 is 2.36 bits per heavy atom. The molecule has 70 valence electrons. The second-order valence-corrected chi connectivity index (χ2v) is 3.97. The van der Waals surface area contributed by atoms with Crippen LogP contribution in [0.1, 0.15) is 15.2 Å². The van der Waals surface area contributed by atoms with Crippen molar-refractivity contribution in [1.82, 2.24) is 4.98 Å². The van der Waals surface area contributed by atoms with Crippen LogP contribution in [0.25, 0.3) is 11.3 Å². The Hall–Kier alpha value is -1.48. The average Bonchev–Trinajstić information content (AvgIpc) is 2.67. The topological polar surface area (TPSA) is 30.0 Å². The fraction of sp³-hybridized carbons (Fsp3) is 0.0909. The lowest BCUT2D eigenvalue weighted by atomic mass is 10.1. The van der Waals surface area contributed by atoms with E-state index in [0.29, 0.717) is 0 Å². The van der Waals surface area contributed by atoms with Gasteiger partial charge in [-0.2, -0.15) is 0 Å². The number of hydrogen-bond acceptors (Lipinski definition) is 3. The molecule has 0 aliphatic heterocycles. The molecule has 0 N–H and O–H groups in total. The maximum atomic E-state index is 10.5. The third-order valence-electron chi connectivity index (χ3n) is 2.02. The van der Waals surface area contributed by atoms with E-state index in [4.69, 9.17) is 0 Å². The molecule has 0 fully saturated rings.